The van der Waals surface area contributed by atoms with E-state index in [0.29, 0.717) is 30.8 Å². The van der Waals surface area contributed by atoms with Crippen molar-refractivity contribution in [2.24, 2.45) is 17.1 Å². The van der Waals surface area contributed by atoms with Gasteiger partial charge in [-0.1, -0.05) is 19.3 Å². The average molecular weight is 344 g/mol. The molecule has 0 aromatic rings. The predicted octanol–water partition coefficient (Wildman–Crippen LogP) is 2.65. The van der Waals surface area contributed by atoms with Crippen LogP contribution in [0.5, 0.6) is 0 Å². The number of piperidine rings is 2. The molecule has 1 amide bonds. The molecule has 1 saturated carbocycles. The van der Waals surface area contributed by atoms with Crippen molar-refractivity contribution in [2.75, 3.05) is 33.2 Å². The minimum Gasteiger partial charge on any atom is -0.342 e. The van der Waals surface area contributed by atoms with Crippen LogP contribution < -0.4 is 5.73 Å². The Hall–Kier alpha value is -0.320. The molecule has 3 aliphatic rings. The molecule has 0 radical (unpaired) electrons. The van der Waals surface area contributed by atoms with Gasteiger partial charge in [-0.25, -0.2) is 0 Å². The maximum Gasteiger partial charge on any atom is 0.223 e. The third-order valence-electron chi connectivity index (χ3n) is 6.57. The molecule has 134 valence electrons. The van der Waals surface area contributed by atoms with Crippen molar-refractivity contribution in [3.8, 4) is 0 Å². The van der Waals surface area contributed by atoms with Gasteiger partial charge >= 0.3 is 0 Å². The van der Waals surface area contributed by atoms with E-state index in [1.165, 1.54) is 38.6 Å². The van der Waals surface area contributed by atoms with E-state index in [1.54, 1.807) is 0 Å². The Kier molecular flexibility index (Phi) is 6.76. The van der Waals surface area contributed by atoms with Gasteiger partial charge in [-0.05, 0) is 63.6 Å². The Morgan fingerprint density at radius 2 is 1.87 bits per heavy atom. The number of halogens is 1. The maximum atomic E-state index is 12.8. The molecule has 2 aliphatic heterocycles. The molecular weight excluding hydrogens is 310 g/mol. The van der Waals surface area contributed by atoms with E-state index in [4.69, 9.17) is 5.73 Å². The van der Waals surface area contributed by atoms with Gasteiger partial charge in [0.2, 0.25) is 5.91 Å². The van der Waals surface area contributed by atoms with Gasteiger partial charge in [0.1, 0.15) is 0 Å². The topological polar surface area (TPSA) is 49.6 Å². The molecular formula is C18H34ClN3O. The maximum absolute atomic E-state index is 12.8. The van der Waals surface area contributed by atoms with Crippen molar-refractivity contribution >= 4 is 18.3 Å². The Morgan fingerprint density at radius 1 is 1.13 bits per heavy atom. The number of nitrogens with two attached hydrogens (primary N) is 1. The first-order valence-electron chi connectivity index (χ1n) is 9.32. The third-order valence-corrected chi connectivity index (χ3v) is 6.57. The zero-order valence-corrected chi connectivity index (χ0v) is 15.5. The lowest BCUT2D eigenvalue weighted by Crippen LogP contribution is -2.54. The van der Waals surface area contributed by atoms with Crippen molar-refractivity contribution in [1.29, 1.82) is 0 Å². The summed E-state index contributed by atoms with van der Waals surface area (Å²) in [5.74, 6) is 1.07. The zero-order chi connectivity index (χ0) is 15.6. The van der Waals surface area contributed by atoms with Gasteiger partial charge in [-0.3, -0.25) is 4.79 Å². The lowest BCUT2D eigenvalue weighted by atomic mass is 9.71. The number of amides is 1. The molecule has 1 aliphatic carbocycles. The Labute approximate surface area is 147 Å². The number of likely N-dealkylation sites (tertiary alicyclic amines) is 2. The molecule has 5 heteroatoms. The average Bonchev–Trinajstić information content (AvgIpc) is 2.55. The molecule has 3 rings (SSSR count). The van der Waals surface area contributed by atoms with E-state index in [1.807, 2.05) is 0 Å². The number of nitrogens with zero attached hydrogens (tertiary/aromatic N) is 2. The van der Waals surface area contributed by atoms with Gasteiger partial charge in [0.05, 0.1) is 0 Å². The largest absolute Gasteiger partial charge is 0.342 e. The highest BCUT2D eigenvalue weighted by molar-refractivity contribution is 5.85. The third kappa shape index (κ3) is 4.21. The fourth-order valence-electron chi connectivity index (χ4n) is 5.07. The van der Waals surface area contributed by atoms with E-state index in [9.17, 15) is 4.79 Å². The van der Waals surface area contributed by atoms with Gasteiger partial charge < -0.3 is 15.5 Å². The van der Waals surface area contributed by atoms with Crippen LogP contribution in [-0.2, 0) is 4.79 Å². The molecule has 2 heterocycles. The van der Waals surface area contributed by atoms with Crippen LogP contribution in [-0.4, -0.2) is 55.0 Å². The summed E-state index contributed by atoms with van der Waals surface area (Å²) in [7, 11) is 2.25. The predicted molar refractivity (Wildman–Crippen MR) is 96.8 cm³/mol. The quantitative estimate of drug-likeness (QED) is 0.857. The van der Waals surface area contributed by atoms with Crippen molar-refractivity contribution in [1.82, 2.24) is 9.80 Å². The van der Waals surface area contributed by atoms with E-state index >= 15 is 0 Å². The summed E-state index contributed by atoms with van der Waals surface area (Å²) >= 11 is 0. The summed E-state index contributed by atoms with van der Waals surface area (Å²) in [5.41, 5.74) is 6.17. The SMILES string of the molecule is CN1CCCC2CN(C(=O)CC3(CN)CCCCC3)CCC21.Cl. The number of carbonyl (C=O) groups excluding carboxylic acids is 1. The fraction of sp³-hybridized carbons (Fsp3) is 0.944. The molecule has 2 unspecified atom stereocenters. The van der Waals surface area contributed by atoms with Crippen LogP contribution in [0.1, 0.15) is 57.8 Å². The Balaban J connectivity index is 0.00000192. The molecule has 0 bridgehead atoms. The summed E-state index contributed by atoms with van der Waals surface area (Å²) in [6, 6.07) is 0.705. The first-order chi connectivity index (χ1) is 10.6. The highest BCUT2D eigenvalue weighted by atomic mass is 35.5. The molecule has 0 aromatic carbocycles. The van der Waals surface area contributed by atoms with E-state index in [2.05, 4.69) is 16.8 Å². The molecule has 2 atom stereocenters. The van der Waals surface area contributed by atoms with Crippen LogP contribution >= 0.6 is 12.4 Å². The standard InChI is InChI=1S/C18H33N3O.ClH/c1-20-10-5-6-15-13-21(11-7-16(15)20)17(22)12-18(14-19)8-3-2-4-9-18;/h15-16H,2-14,19H2,1H3;1H. The number of hydrogen-bond donors (Lipinski definition) is 1. The number of rotatable bonds is 3. The molecule has 4 nitrogen and oxygen atoms in total. The van der Waals surface area contributed by atoms with Crippen LogP contribution in [0.4, 0.5) is 0 Å². The zero-order valence-electron chi connectivity index (χ0n) is 14.6. The number of hydrogen-bond acceptors (Lipinski definition) is 3. The second kappa shape index (κ2) is 8.17. The van der Waals surface area contributed by atoms with Crippen LogP contribution in [0.2, 0.25) is 0 Å². The minimum absolute atomic E-state index is 0. The lowest BCUT2D eigenvalue weighted by molar-refractivity contribution is -0.137. The first kappa shape index (κ1) is 19.0. The fourth-order valence-corrected chi connectivity index (χ4v) is 5.07. The molecule has 23 heavy (non-hydrogen) atoms. The monoisotopic (exact) mass is 343 g/mol. The van der Waals surface area contributed by atoms with Crippen molar-refractivity contribution in [3.63, 3.8) is 0 Å². The van der Waals surface area contributed by atoms with Crippen LogP contribution in [0.3, 0.4) is 0 Å². The minimum atomic E-state index is 0. The lowest BCUT2D eigenvalue weighted by Gasteiger charge is -2.46. The molecule has 3 fully saturated rings. The van der Waals surface area contributed by atoms with E-state index in [-0.39, 0.29) is 17.8 Å². The molecule has 0 spiro atoms. The second-order valence-electron chi connectivity index (χ2n) is 8.02. The molecule has 2 saturated heterocycles. The highest BCUT2D eigenvalue weighted by Crippen LogP contribution is 2.39. The van der Waals surface area contributed by atoms with E-state index < -0.39 is 0 Å². The summed E-state index contributed by atoms with van der Waals surface area (Å²) in [5, 5.41) is 0. The van der Waals surface area contributed by atoms with Crippen molar-refractivity contribution < 1.29 is 4.79 Å². The normalized spacial score (nSPS) is 31.1. The van der Waals surface area contributed by atoms with Crippen molar-refractivity contribution in [2.45, 2.75) is 63.8 Å². The summed E-state index contributed by atoms with van der Waals surface area (Å²) < 4.78 is 0. The van der Waals surface area contributed by atoms with Gasteiger partial charge in [0.15, 0.2) is 0 Å². The number of carbonyl (C=O) groups is 1. The van der Waals surface area contributed by atoms with E-state index in [0.717, 1.165) is 32.4 Å². The number of fused-ring (bicyclic) bond motifs is 1. The second-order valence-corrected chi connectivity index (χ2v) is 8.02. The summed E-state index contributed by atoms with van der Waals surface area (Å²) in [6.07, 6.45) is 10.5. The Bertz CT molecular complexity index is 398. The smallest absolute Gasteiger partial charge is 0.223 e. The first-order valence-corrected chi connectivity index (χ1v) is 9.32. The molecule has 0 aromatic heterocycles. The summed E-state index contributed by atoms with van der Waals surface area (Å²) in [4.78, 5) is 17.5. The highest BCUT2D eigenvalue weighted by Gasteiger charge is 2.39. The van der Waals surface area contributed by atoms with Crippen LogP contribution in [0, 0.1) is 11.3 Å². The van der Waals surface area contributed by atoms with Crippen LogP contribution in [0.15, 0.2) is 0 Å². The van der Waals surface area contributed by atoms with Crippen molar-refractivity contribution in [3.05, 3.63) is 0 Å². The van der Waals surface area contributed by atoms with Gasteiger partial charge in [0, 0.05) is 25.6 Å². The van der Waals surface area contributed by atoms with Gasteiger partial charge in [-0.15, -0.1) is 12.4 Å². The van der Waals surface area contributed by atoms with Gasteiger partial charge in [0.25, 0.3) is 0 Å². The summed E-state index contributed by atoms with van der Waals surface area (Å²) in [6.45, 7) is 3.84. The Morgan fingerprint density at radius 3 is 2.57 bits per heavy atom. The molecule has 2 N–H and O–H groups in total. The van der Waals surface area contributed by atoms with Crippen LogP contribution in [0.25, 0.3) is 0 Å². The van der Waals surface area contributed by atoms with Gasteiger partial charge in [-0.2, -0.15) is 0 Å².